The Bertz CT molecular complexity index is 1080. The van der Waals surface area contributed by atoms with E-state index < -0.39 is 5.91 Å². The molecule has 0 aliphatic carbocycles. The lowest BCUT2D eigenvalue weighted by molar-refractivity contribution is -0.118. The maximum Gasteiger partial charge on any atom is 0.322 e. The van der Waals surface area contributed by atoms with Crippen molar-refractivity contribution in [1.29, 1.82) is 0 Å². The van der Waals surface area contributed by atoms with Crippen LogP contribution in [-0.2, 0) is 16.0 Å². The average Bonchev–Trinajstić information content (AvgIpc) is 3.44. The molecule has 0 radical (unpaired) electrons. The highest BCUT2D eigenvalue weighted by atomic mass is 32.2. The number of nitrogens with zero attached hydrogens (tertiary/aromatic N) is 3. The number of carbonyl (C=O) groups is 2. The summed E-state index contributed by atoms with van der Waals surface area (Å²) < 4.78 is 11.1. The van der Waals surface area contributed by atoms with Gasteiger partial charge in [-0.2, -0.15) is 0 Å². The fourth-order valence-corrected chi connectivity index (χ4v) is 3.87. The number of anilines is 2. The van der Waals surface area contributed by atoms with E-state index in [1.165, 1.54) is 5.56 Å². The quantitative estimate of drug-likeness (QED) is 0.518. The molecule has 8 nitrogen and oxygen atoms in total. The van der Waals surface area contributed by atoms with Gasteiger partial charge in [-0.25, -0.2) is 0 Å². The summed E-state index contributed by atoms with van der Waals surface area (Å²) in [5.41, 5.74) is 2.04. The van der Waals surface area contributed by atoms with Crippen LogP contribution in [0.4, 0.5) is 11.7 Å². The second kappa shape index (κ2) is 9.86. The molecular formula is C23H24N4O4S. The van der Waals surface area contributed by atoms with E-state index >= 15 is 0 Å². The highest BCUT2D eigenvalue weighted by Gasteiger charge is 2.35. The van der Waals surface area contributed by atoms with Crippen molar-refractivity contribution in [3.63, 3.8) is 0 Å². The molecule has 1 aromatic heterocycles. The molecule has 9 heteroatoms. The number of aryl methyl sites for hydroxylation is 1. The summed E-state index contributed by atoms with van der Waals surface area (Å²) in [6.45, 7) is 2.35. The van der Waals surface area contributed by atoms with E-state index in [2.05, 4.69) is 22.4 Å². The number of nitrogens with one attached hydrogen (secondary N) is 1. The Morgan fingerprint density at radius 2 is 1.94 bits per heavy atom. The molecule has 3 aromatic rings. The van der Waals surface area contributed by atoms with Crippen molar-refractivity contribution in [1.82, 2.24) is 10.2 Å². The van der Waals surface area contributed by atoms with Crippen molar-refractivity contribution < 1.29 is 18.7 Å². The van der Waals surface area contributed by atoms with Gasteiger partial charge in [-0.1, -0.05) is 24.2 Å². The van der Waals surface area contributed by atoms with Crippen LogP contribution in [0.5, 0.6) is 5.75 Å². The first-order chi connectivity index (χ1) is 15.6. The lowest BCUT2D eigenvalue weighted by Crippen LogP contribution is -2.24. The molecule has 0 spiro atoms. The summed E-state index contributed by atoms with van der Waals surface area (Å²) in [7, 11) is 0. The Labute approximate surface area is 190 Å². The number of aromatic nitrogens is 2. The van der Waals surface area contributed by atoms with Gasteiger partial charge in [0.15, 0.2) is 6.61 Å². The highest BCUT2D eigenvalue weighted by molar-refractivity contribution is 7.98. The van der Waals surface area contributed by atoms with Crippen LogP contribution in [0.15, 0.2) is 57.8 Å². The second-order valence-electron chi connectivity index (χ2n) is 7.38. The summed E-state index contributed by atoms with van der Waals surface area (Å²) in [4.78, 5) is 27.5. The molecule has 32 heavy (non-hydrogen) atoms. The van der Waals surface area contributed by atoms with Crippen molar-refractivity contribution in [2.24, 2.45) is 0 Å². The molecule has 1 N–H and O–H groups in total. The summed E-state index contributed by atoms with van der Waals surface area (Å²) in [5, 5.41) is 10.5. The number of ether oxygens (including phenoxy) is 1. The maximum absolute atomic E-state index is 12.5. The number of thioether (sulfide) groups is 1. The lowest BCUT2D eigenvalue weighted by atomic mass is 10.1. The van der Waals surface area contributed by atoms with Gasteiger partial charge in [-0.05, 0) is 54.6 Å². The van der Waals surface area contributed by atoms with Crippen LogP contribution in [-0.4, -0.2) is 41.4 Å². The second-order valence-corrected chi connectivity index (χ2v) is 8.26. The number of carbonyl (C=O) groups excluding carboxylic acids is 2. The van der Waals surface area contributed by atoms with Crippen LogP contribution < -0.4 is 15.0 Å². The van der Waals surface area contributed by atoms with Gasteiger partial charge in [-0.3, -0.25) is 14.9 Å². The number of rotatable bonds is 8. The van der Waals surface area contributed by atoms with Crippen molar-refractivity contribution in [3.05, 3.63) is 60.0 Å². The Kier molecular flexibility index (Phi) is 6.75. The van der Waals surface area contributed by atoms with Crippen LogP contribution >= 0.6 is 11.8 Å². The molecular weight excluding hydrogens is 428 g/mol. The fraction of sp³-hybridized carbons (Fsp3) is 0.304. The summed E-state index contributed by atoms with van der Waals surface area (Å²) in [6.07, 6.45) is 3.22. The minimum Gasteiger partial charge on any atom is -0.484 e. The van der Waals surface area contributed by atoms with Gasteiger partial charge in [0.25, 0.3) is 5.91 Å². The van der Waals surface area contributed by atoms with Gasteiger partial charge in [0.05, 0.1) is 5.92 Å². The maximum atomic E-state index is 12.5. The van der Waals surface area contributed by atoms with Gasteiger partial charge in [0, 0.05) is 23.5 Å². The van der Waals surface area contributed by atoms with E-state index in [0.717, 1.165) is 17.0 Å². The van der Waals surface area contributed by atoms with Crippen LogP contribution in [0, 0.1) is 0 Å². The van der Waals surface area contributed by atoms with Gasteiger partial charge >= 0.3 is 6.01 Å². The normalized spacial score (nSPS) is 15.8. The van der Waals surface area contributed by atoms with Crippen LogP contribution in [0.1, 0.15) is 30.7 Å². The molecule has 2 amide bonds. The predicted octanol–water partition coefficient (Wildman–Crippen LogP) is 3.89. The number of hydrogen-bond donors (Lipinski definition) is 1. The Morgan fingerprint density at radius 3 is 2.62 bits per heavy atom. The Hall–Kier alpha value is -3.33. The van der Waals surface area contributed by atoms with Crippen molar-refractivity contribution in [2.45, 2.75) is 30.6 Å². The zero-order valence-corrected chi connectivity index (χ0v) is 18.7. The number of benzene rings is 2. The third-order valence-corrected chi connectivity index (χ3v) is 5.99. The molecule has 4 rings (SSSR count). The van der Waals surface area contributed by atoms with Crippen molar-refractivity contribution >= 4 is 35.3 Å². The lowest BCUT2D eigenvalue weighted by Gasteiger charge is -2.16. The first-order valence-corrected chi connectivity index (χ1v) is 11.6. The molecule has 166 valence electrons. The molecule has 0 saturated carbocycles. The summed E-state index contributed by atoms with van der Waals surface area (Å²) in [5.74, 6) is 0.303. The van der Waals surface area contributed by atoms with E-state index in [-0.39, 0.29) is 30.9 Å². The van der Waals surface area contributed by atoms with Gasteiger partial charge in [-0.15, -0.1) is 16.9 Å². The van der Waals surface area contributed by atoms with Gasteiger partial charge in [0.1, 0.15) is 5.75 Å². The van der Waals surface area contributed by atoms with Crippen LogP contribution in [0.25, 0.3) is 0 Å². The molecule has 1 fully saturated rings. The summed E-state index contributed by atoms with van der Waals surface area (Å²) in [6, 6.07) is 15.4. The minimum absolute atomic E-state index is 0.00169. The zero-order valence-electron chi connectivity index (χ0n) is 17.9. The van der Waals surface area contributed by atoms with E-state index in [1.807, 2.05) is 54.8 Å². The zero-order chi connectivity index (χ0) is 22.5. The minimum atomic E-state index is -0.405. The smallest absolute Gasteiger partial charge is 0.322 e. The standard InChI is InChI=1S/C23H24N4O4S/c1-3-15-4-8-18(9-5-15)30-14-20(28)24-23-26-25-22(31-23)16-12-21(29)27(13-16)17-6-10-19(32-2)11-7-17/h4-11,16H,3,12-14H2,1-2H3,(H,24,26,28)/t16-/m0/s1. The highest BCUT2D eigenvalue weighted by Crippen LogP contribution is 2.32. The summed E-state index contributed by atoms with van der Waals surface area (Å²) >= 11 is 1.65. The third kappa shape index (κ3) is 5.11. The molecule has 1 saturated heterocycles. The SMILES string of the molecule is CCc1ccc(OCC(=O)Nc2nnc([C@H]3CC(=O)N(c4ccc(SC)cc4)C3)o2)cc1. The first-order valence-electron chi connectivity index (χ1n) is 10.3. The molecule has 1 aliphatic heterocycles. The Balaban J connectivity index is 1.31. The largest absolute Gasteiger partial charge is 0.484 e. The van der Waals surface area contributed by atoms with Crippen molar-refractivity contribution in [3.8, 4) is 5.75 Å². The average molecular weight is 453 g/mol. The monoisotopic (exact) mass is 452 g/mol. The van der Waals surface area contributed by atoms with E-state index in [0.29, 0.717) is 18.2 Å². The molecule has 2 aromatic carbocycles. The Morgan fingerprint density at radius 1 is 1.19 bits per heavy atom. The molecule has 0 bridgehead atoms. The predicted molar refractivity (Wildman–Crippen MR) is 122 cm³/mol. The van der Waals surface area contributed by atoms with Crippen LogP contribution in [0.3, 0.4) is 0 Å². The number of hydrogen-bond acceptors (Lipinski definition) is 7. The molecule has 1 atom stereocenters. The number of amides is 2. The molecule has 2 heterocycles. The van der Waals surface area contributed by atoms with Crippen molar-refractivity contribution in [2.75, 3.05) is 29.6 Å². The topological polar surface area (TPSA) is 97.6 Å². The molecule has 1 aliphatic rings. The van der Waals surface area contributed by atoms with E-state index in [9.17, 15) is 9.59 Å². The van der Waals surface area contributed by atoms with E-state index in [1.54, 1.807) is 16.7 Å². The fourth-order valence-electron chi connectivity index (χ4n) is 3.46. The van der Waals surface area contributed by atoms with E-state index in [4.69, 9.17) is 9.15 Å². The molecule has 0 unspecified atom stereocenters. The van der Waals surface area contributed by atoms with Gasteiger partial charge < -0.3 is 14.1 Å². The van der Waals surface area contributed by atoms with Gasteiger partial charge in [0.2, 0.25) is 11.8 Å². The van der Waals surface area contributed by atoms with Crippen LogP contribution in [0.2, 0.25) is 0 Å². The first kappa shape index (κ1) is 21.9. The third-order valence-electron chi connectivity index (χ3n) is 5.25.